The van der Waals surface area contributed by atoms with Crippen LogP contribution in [0.1, 0.15) is 25.3 Å². The first-order valence-corrected chi connectivity index (χ1v) is 10.1. The van der Waals surface area contributed by atoms with Gasteiger partial charge in [-0.2, -0.15) is 8.42 Å². The van der Waals surface area contributed by atoms with Gasteiger partial charge in [0.1, 0.15) is 0 Å². The molecular weight excluding hydrogens is 386 g/mol. The number of carbonyl (C=O) groups excluding carboxylic acids is 1. The summed E-state index contributed by atoms with van der Waals surface area (Å²) in [4.78, 5) is 21.9. The molecule has 0 aliphatic carbocycles. The Labute approximate surface area is 163 Å². The van der Waals surface area contributed by atoms with Crippen molar-refractivity contribution in [3.8, 4) is 0 Å². The number of nitro groups is 1. The summed E-state index contributed by atoms with van der Waals surface area (Å²) in [7, 11) is -4.28. The molecule has 0 aliphatic rings. The van der Waals surface area contributed by atoms with Crippen LogP contribution in [0.5, 0.6) is 0 Å². The lowest BCUT2D eigenvalue weighted by Gasteiger charge is -2.16. The van der Waals surface area contributed by atoms with Crippen molar-refractivity contribution in [2.75, 3.05) is 6.61 Å². The first-order valence-electron chi connectivity index (χ1n) is 8.72. The minimum atomic E-state index is -4.28. The van der Waals surface area contributed by atoms with E-state index in [1.165, 1.54) is 0 Å². The Kier molecular flexibility index (Phi) is 7.65. The van der Waals surface area contributed by atoms with Crippen molar-refractivity contribution >= 4 is 21.8 Å². The Morgan fingerprint density at radius 2 is 1.75 bits per heavy atom. The van der Waals surface area contributed by atoms with Gasteiger partial charge < -0.3 is 4.74 Å². The molecule has 8 nitrogen and oxygen atoms in total. The number of nitrogens with zero attached hydrogens (tertiary/aromatic N) is 1. The average molecular weight is 407 g/mol. The minimum Gasteiger partial charge on any atom is -0.464 e. The van der Waals surface area contributed by atoms with Crippen LogP contribution in [0.2, 0.25) is 0 Å². The van der Waals surface area contributed by atoms with Crippen LogP contribution in [0.15, 0.2) is 59.5 Å². The normalized spacial score (nSPS) is 12.3. The summed E-state index contributed by atoms with van der Waals surface area (Å²) in [5, 5.41) is 10.7. The quantitative estimate of drug-likeness (QED) is 0.257. The number of ether oxygens (including phenoxy) is 1. The lowest BCUT2D eigenvalue weighted by molar-refractivity contribution is -0.384. The van der Waals surface area contributed by atoms with Crippen molar-refractivity contribution in [2.45, 2.75) is 37.2 Å². The molecule has 0 spiro atoms. The van der Waals surface area contributed by atoms with Crippen LogP contribution in [0.4, 0.5) is 5.69 Å². The number of benzene rings is 2. The lowest BCUT2D eigenvalue weighted by Crippen LogP contribution is -2.29. The summed E-state index contributed by atoms with van der Waals surface area (Å²) in [6.07, 6.45) is 0.0322. The zero-order valence-corrected chi connectivity index (χ0v) is 16.1. The second-order valence-electron chi connectivity index (χ2n) is 5.92. The van der Waals surface area contributed by atoms with Crippen LogP contribution in [-0.2, 0) is 30.3 Å². The molecule has 0 amide bonds. The Morgan fingerprint density at radius 3 is 2.32 bits per heavy atom. The Bertz CT molecular complexity index is 896. The molecule has 0 radical (unpaired) electrons. The molecule has 0 N–H and O–H groups in total. The number of rotatable bonds is 10. The summed E-state index contributed by atoms with van der Waals surface area (Å²) in [6.45, 7) is 1.71. The van der Waals surface area contributed by atoms with Crippen molar-refractivity contribution < 1.29 is 27.1 Å². The second kappa shape index (κ2) is 9.95. The molecule has 0 saturated heterocycles. The van der Waals surface area contributed by atoms with E-state index in [1.54, 1.807) is 6.92 Å². The molecule has 0 heterocycles. The molecule has 150 valence electrons. The number of non-ortho nitro benzene ring substituents is 1. The largest absolute Gasteiger partial charge is 0.464 e. The molecule has 2 aromatic rings. The molecule has 0 saturated carbocycles. The number of carbonyl (C=O) groups is 1. The maximum absolute atomic E-state index is 12.5. The van der Waals surface area contributed by atoms with Crippen molar-refractivity contribution in [3.05, 3.63) is 70.3 Å². The van der Waals surface area contributed by atoms with Gasteiger partial charge in [0.05, 0.1) is 16.4 Å². The molecular formula is C19H21NO7S. The molecule has 2 rings (SSSR count). The highest BCUT2D eigenvalue weighted by atomic mass is 32.2. The maximum atomic E-state index is 12.5. The maximum Gasteiger partial charge on any atom is 0.336 e. The highest BCUT2D eigenvalue weighted by Crippen LogP contribution is 2.21. The van der Waals surface area contributed by atoms with Gasteiger partial charge in [0, 0.05) is 12.1 Å². The van der Waals surface area contributed by atoms with Crippen LogP contribution >= 0.6 is 0 Å². The molecule has 9 heteroatoms. The van der Waals surface area contributed by atoms with Crippen LogP contribution < -0.4 is 0 Å². The minimum absolute atomic E-state index is 0.0922. The summed E-state index contributed by atoms with van der Waals surface area (Å²) in [5.74, 6) is -0.763. The van der Waals surface area contributed by atoms with E-state index in [0.29, 0.717) is 12.8 Å². The van der Waals surface area contributed by atoms with Crippen molar-refractivity contribution in [2.24, 2.45) is 0 Å². The summed E-state index contributed by atoms with van der Waals surface area (Å²) >= 11 is 0. The van der Waals surface area contributed by atoms with Gasteiger partial charge in [-0.1, -0.05) is 30.3 Å². The Morgan fingerprint density at radius 1 is 1.11 bits per heavy atom. The fraction of sp³-hybridized carbons (Fsp3) is 0.316. The Hall–Kier alpha value is -2.78. The molecule has 0 fully saturated rings. The average Bonchev–Trinajstić information content (AvgIpc) is 2.68. The van der Waals surface area contributed by atoms with Crippen LogP contribution in [0, 0.1) is 10.1 Å². The second-order valence-corrected chi connectivity index (χ2v) is 7.49. The number of hydrogen-bond donors (Lipinski definition) is 0. The number of hydrogen-bond acceptors (Lipinski definition) is 7. The van der Waals surface area contributed by atoms with Crippen LogP contribution in [0.25, 0.3) is 0 Å². The standard InChI is InChI=1S/C19H21NO7S/c1-2-26-19(21)18(10-6-9-15-7-4-3-5-8-15)27-28(24,25)17-13-11-16(12-14-17)20(22)23/h3-5,7-8,11-14,18H,2,6,9-10H2,1H3/t18-/m1/s1. The third kappa shape index (κ3) is 6.14. The highest BCUT2D eigenvalue weighted by molar-refractivity contribution is 7.86. The number of esters is 1. The molecule has 0 bridgehead atoms. The molecule has 28 heavy (non-hydrogen) atoms. The van der Waals surface area contributed by atoms with Gasteiger partial charge in [0.2, 0.25) is 0 Å². The lowest BCUT2D eigenvalue weighted by atomic mass is 10.1. The van der Waals surface area contributed by atoms with E-state index in [1.807, 2.05) is 30.3 Å². The fourth-order valence-corrected chi connectivity index (χ4v) is 3.58. The zero-order chi connectivity index (χ0) is 20.6. The van der Waals surface area contributed by atoms with Gasteiger partial charge in [-0.05, 0) is 43.9 Å². The third-order valence-corrected chi connectivity index (χ3v) is 5.24. The van der Waals surface area contributed by atoms with E-state index in [4.69, 9.17) is 8.92 Å². The van der Waals surface area contributed by atoms with Crippen LogP contribution in [0.3, 0.4) is 0 Å². The van der Waals surface area contributed by atoms with E-state index >= 15 is 0 Å². The molecule has 0 aliphatic heterocycles. The zero-order valence-electron chi connectivity index (χ0n) is 15.3. The Balaban J connectivity index is 2.09. The van der Waals surface area contributed by atoms with E-state index < -0.39 is 27.1 Å². The van der Waals surface area contributed by atoms with Gasteiger partial charge in [0.25, 0.3) is 15.8 Å². The highest BCUT2D eigenvalue weighted by Gasteiger charge is 2.28. The van der Waals surface area contributed by atoms with E-state index in [2.05, 4.69) is 0 Å². The van der Waals surface area contributed by atoms with E-state index in [-0.39, 0.29) is 23.6 Å². The van der Waals surface area contributed by atoms with Gasteiger partial charge in [-0.15, -0.1) is 0 Å². The van der Waals surface area contributed by atoms with E-state index in [0.717, 1.165) is 29.8 Å². The number of aryl methyl sites for hydroxylation is 1. The first-order chi connectivity index (χ1) is 13.3. The predicted octanol–water partition coefficient (Wildman–Crippen LogP) is 3.25. The summed E-state index contributed by atoms with van der Waals surface area (Å²) in [5.41, 5.74) is 0.812. The fourth-order valence-electron chi connectivity index (χ4n) is 2.52. The van der Waals surface area contributed by atoms with Gasteiger partial charge in [-0.25, -0.2) is 4.79 Å². The topological polar surface area (TPSA) is 113 Å². The van der Waals surface area contributed by atoms with E-state index in [9.17, 15) is 23.3 Å². The molecule has 0 aromatic heterocycles. The van der Waals surface area contributed by atoms with Gasteiger partial charge in [0.15, 0.2) is 6.10 Å². The van der Waals surface area contributed by atoms with Crippen LogP contribution in [-0.4, -0.2) is 32.0 Å². The molecule has 1 atom stereocenters. The summed E-state index contributed by atoms with van der Waals surface area (Å²) < 4.78 is 35.0. The molecule has 2 aromatic carbocycles. The summed E-state index contributed by atoms with van der Waals surface area (Å²) in [6, 6.07) is 13.8. The van der Waals surface area contributed by atoms with Crippen molar-refractivity contribution in [1.82, 2.24) is 0 Å². The van der Waals surface area contributed by atoms with Gasteiger partial charge >= 0.3 is 5.97 Å². The molecule has 0 unspecified atom stereocenters. The smallest absolute Gasteiger partial charge is 0.336 e. The van der Waals surface area contributed by atoms with Crippen molar-refractivity contribution in [1.29, 1.82) is 0 Å². The van der Waals surface area contributed by atoms with Crippen molar-refractivity contribution in [3.63, 3.8) is 0 Å². The predicted molar refractivity (Wildman–Crippen MR) is 101 cm³/mol. The third-order valence-electron chi connectivity index (χ3n) is 3.90. The first kappa shape index (κ1) is 21.5. The SMILES string of the molecule is CCOC(=O)[C@@H](CCCc1ccccc1)OS(=O)(=O)c1ccc([N+](=O)[O-])cc1. The monoisotopic (exact) mass is 407 g/mol. The number of nitro benzene ring substituents is 1. The van der Waals surface area contributed by atoms with Gasteiger partial charge in [-0.3, -0.25) is 14.3 Å².